The van der Waals surface area contributed by atoms with Crippen molar-refractivity contribution in [3.8, 4) is 0 Å². The zero-order chi connectivity index (χ0) is 16.9. The lowest BCUT2D eigenvalue weighted by Gasteiger charge is -2.27. The molecule has 2 N–H and O–H groups in total. The first kappa shape index (κ1) is 19.0. The summed E-state index contributed by atoms with van der Waals surface area (Å²) in [5, 5.41) is 8.60. The molecule has 2 atom stereocenters. The third-order valence-electron chi connectivity index (χ3n) is 3.45. The van der Waals surface area contributed by atoms with Crippen LogP contribution in [0.4, 0.5) is 4.79 Å². The van der Waals surface area contributed by atoms with Crippen molar-refractivity contribution in [1.82, 2.24) is 10.6 Å². The molecule has 2 unspecified atom stereocenters. The third kappa shape index (κ3) is 6.36. The van der Waals surface area contributed by atoms with Gasteiger partial charge in [-0.1, -0.05) is 13.8 Å². The third-order valence-corrected chi connectivity index (χ3v) is 4.65. The molecule has 0 radical (unpaired) electrons. The lowest BCUT2D eigenvalue weighted by molar-refractivity contribution is 0.0489. The summed E-state index contributed by atoms with van der Waals surface area (Å²) in [5.41, 5.74) is 0.839. The van der Waals surface area contributed by atoms with Crippen LogP contribution in [-0.2, 0) is 4.74 Å². The molecule has 0 aliphatic rings. The van der Waals surface area contributed by atoms with E-state index in [0.717, 1.165) is 6.54 Å². The van der Waals surface area contributed by atoms with Gasteiger partial charge in [0.1, 0.15) is 5.60 Å². The summed E-state index contributed by atoms with van der Waals surface area (Å²) in [6, 6.07) is 2.45. The Morgan fingerprint density at radius 2 is 1.95 bits per heavy atom. The van der Waals surface area contributed by atoms with Crippen LogP contribution in [0.15, 0.2) is 11.4 Å². The van der Waals surface area contributed by atoms with Crippen molar-refractivity contribution in [2.24, 2.45) is 5.92 Å². The van der Waals surface area contributed by atoms with Crippen LogP contribution in [0, 0.1) is 12.8 Å². The number of amides is 1. The molecule has 0 aromatic carbocycles. The Balaban J connectivity index is 2.54. The standard InChI is InChI=1S/C17H30N2O2S/c1-11(2)14(19-16(20)21-17(5,6)7)10-18-13(4)15-12(3)8-9-22-15/h8-9,11,13-14,18H,10H2,1-7H3,(H,19,20). The second-order valence-corrected chi connectivity index (χ2v) is 8.04. The molecule has 0 saturated carbocycles. The van der Waals surface area contributed by atoms with E-state index in [4.69, 9.17) is 4.74 Å². The summed E-state index contributed by atoms with van der Waals surface area (Å²) in [6.45, 7) is 14.8. The van der Waals surface area contributed by atoms with Crippen LogP contribution >= 0.6 is 11.3 Å². The number of alkyl carbamates (subject to hydrolysis) is 1. The SMILES string of the molecule is Cc1ccsc1C(C)NCC(NC(=O)OC(C)(C)C)C(C)C. The van der Waals surface area contributed by atoms with Gasteiger partial charge >= 0.3 is 6.09 Å². The summed E-state index contributed by atoms with van der Waals surface area (Å²) < 4.78 is 5.34. The zero-order valence-electron chi connectivity index (χ0n) is 14.8. The fourth-order valence-electron chi connectivity index (χ4n) is 2.14. The minimum Gasteiger partial charge on any atom is -0.444 e. The van der Waals surface area contributed by atoms with Crippen molar-refractivity contribution < 1.29 is 9.53 Å². The van der Waals surface area contributed by atoms with Crippen LogP contribution < -0.4 is 10.6 Å². The van der Waals surface area contributed by atoms with E-state index in [1.807, 2.05) is 20.8 Å². The van der Waals surface area contributed by atoms with Gasteiger partial charge < -0.3 is 15.4 Å². The first-order valence-corrected chi connectivity index (χ1v) is 8.75. The smallest absolute Gasteiger partial charge is 0.407 e. The van der Waals surface area contributed by atoms with E-state index in [2.05, 4.69) is 49.8 Å². The Bertz CT molecular complexity index is 477. The van der Waals surface area contributed by atoms with E-state index in [1.165, 1.54) is 10.4 Å². The molecule has 0 aliphatic carbocycles. The quantitative estimate of drug-likeness (QED) is 0.821. The van der Waals surface area contributed by atoms with Crippen molar-refractivity contribution in [2.45, 2.75) is 66.2 Å². The number of hydrogen-bond donors (Lipinski definition) is 2. The lowest BCUT2D eigenvalue weighted by atomic mass is 10.0. The van der Waals surface area contributed by atoms with Crippen LogP contribution in [0.5, 0.6) is 0 Å². The number of carbonyl (C=O) groups excluding carboxylic acids is 1. The van der Waals surface area contributed by atoms with E-state index in [1.54, 1.807) is 11.3 Å². The molecule has 5 heteroatoms. The number of aryl methyl sites for hydroxylation is 1. The van der Waals surface area contributed by atoms with Gasteiger partial charge in [0.15, 0.2) is 0 Å². The van der Waals surface area contributed by atoms with Crippen LogP contribution in [-0.4, -0.2) is 24.3 Å². The van der Waals surface area contributed by atoms with Gasteiger partial charge in [0.2, 0.25) is 0 Å². The lowest BCUT2D eigenvalue weighted by Crippen LogP contribution is -2.47. The average molecular weight is 327 g/mol. The van der Waals surface area contributed by atoms with Crippen LogP contribution in [0.1, 0.15) is 58.0 Å². The van der Waals surface area contributed by atoms with Crippen LogP contribution in [0.2, 0.25) is 0 Å². The molecule has 1 aromatic rings. The number of carbonyl (C=O) groups is 1. The Hall–Kier alpha value is -1.07. The second kappa shape index (κ2) is 7.97. The minimum atomic E-state index is -0.472. The van der Waals surface area contributed by atoms with Gasteiger partial charge in [-0.05, 0) is 57.5 Å². The molecular formula is C17H30N2O2S. The maximum absolute atomic E-state index is 11.9. The maximum Gasteiger partial charge on any atom is 0.407 e. The Morgan fingerprint density at radius 1 is 1.32 bits per heavy atom. The number of nitrogens with one attached hydrogen (secondary N) is 2. The molecule has 1 amide bonds. The summed E-state index contributed by atoms with van der Waals surface area (Å²) in [6.07, 6.45) is -0.354. The molecule has 126 valence electrons. The van der Waals surface area contributed by atoms with E-state index in [9.17, 15) is 4.79 Å². The molecule has 1 rings (SSSR count). The van der Waals surface area contributed by atoms with E-state index < -0.39 is 5.60 Å². The van der Waals surface area contributed by atoms with Crippen molar-refractivity contribution in [3.05, 3.63) is 21.9 Å². The second-order valence-electron chi connectivity index (χ2n) is 7.09. The predicted octanol–water partition coefficient (Wildman–Crippen LogP) is 4.26. The van der Waals surface area contributed by atoms with Gasteiger partial charge in [0.25, 0.3) is 0 Å². The average Bonchev–Trinajstić information content (AvgIpc) is 2.77. The summed E-state index contributed by atoms with van der Waals surface area (Å²) in [5.74, 6) is 0.330. The van der Waals surface area contributed by atoms with Crippen LogP contribution in [0.25, 0.3) is 0 Å². The van der Waals surface area contributed by atoms with Gasteiger partial charge in [-0.15, -0.1) is 11.3 Å². The molecule has 0 saturated heterocycles. The number of rotatable bonds is 6. The van der Waals surface area contributed by atoms with E-state index in [-0.39, 0.29) is 18.2 Å². The summed E-state index contributed by atoms with van der Waals surface area (Å²) in [7, 11) is 0. The van der Waals surface area contributed by atoms with E-state index >= 15 is 0 Å². The van der Waals surface area contributed by atoms with Gasteiger partial charge in [-0.25, -0.2) is 4.79 Å². The number of hydrogen-bond acceptors (Lipinski definition) is 4. The highest BCUT2D eigenvalue weighted by molar-refractivity contribution is 7.10. The number of thiophene rings is 1. The van der Waals surface area contributed by atoms with Crippen molar-refractivity contribution in [2.75, 3.05) is 6.54 Å². The molecule has 0 fully saturated rings. The zero-order valence-corrected chi connectivity index (χ0v) is 15.6. The summed E-state index contributed by atoms with van der Waals surface area (Å²) >= 11 is 1.76. The van der Waals surface area contributed by atoms with Gasteiger partial charge in [0, 0.05) is 23.5 Å². The van der Waals surface area contributed by atoms with Gasteiger partial charge in [-0.2, -0.15) is 0 Å². The highest BCUT2D eigenvalue weighted by Gasteiger charge is 2.22. The van der Waals surface area contributed by atoms with Crippen LogP contribution in [0.3, 0.4) is 0 Å². The van der Waals surface area contributed by atoms with Crippen molar-refractivity contribution >= 4 is 17.4 Å². The molecule has 1 heterocycles. The monoisotopic (exact) mass is 326 g/mol. The van der Waals surface area contributed by atoms with Gasteiger partial charge in [0.05, 0.1) is 0 Å². The first-order valence-electron chi connectivity index (χ1n) is 7.87. The molecule has 1 aromatic heterocycles. The fraction of sp³-hybridized carbons (Fsp3) is 0.706. The normalized spacial score (nSPS) is 14.7. The minimum absolute atomic E-state index is 0.0394. The van der Waals surface area contributed by atoms with Crippen molar-refractivity contribution in [1.29, 1.82) is 0 Å². The largest absolute Gasteiger partial charge is 0.444 e. The van der Waals surface area contributed by atoms with Gasteiger partial charge in [-0.3, -0.25) is 0 Å². The van der Waals surface area contributed by atoms with Crippen molar-refractivity contribution in [3.63, 3.8) is 0 Å². The molecule has 0 bridgehead atoms. The highest BCUT2D eigenvalue weighted by atomic mass is 32.1. The first-order chi connectivity index (χ1) is 10.1. The Morgan fingerprint density at radius 3 is 2.41 bits per heavy atom. The Kier molecular flexibility index (Phi) is 6.88. The van der Waals surface area contributed by atoms with E-state index in [0.29, 0.717) is 5.92 Å². The molecule has 4 nitrogen and oxygen atoms in total. The predicted molar refractivity (Wildman–Crippen MR) is 93.5 cm³/mol. The maximum atomic E-state index is 11.9. The fourth-order valence-corrected chi connectivity index (χ4v) is 3.10. The molecule has 22 heavy (non-hydrogen) atoms. The molecule has 0 spiro atoms. The highest BCUT2D eigenvalue weighted by Crippen LogP contribution is 2.23. The molecule has 0 aliphatic heterocycles. The topological polar surface area (TPSA) is 50.4 Å². The summed E-state index contributed by atoms with van der Waals surface area (Å²) in [4.78, 5) is 13.3. The Labute approximate surface area is 138 Å². The molecular weight excluding hydrogens is 296 g/mol. The number of ether oxygens (including phenoxy) is 1.